The van der Waals surface area contributed by atoms with E-state index in [4.69, 9.17) is 9.72 Å². The molecular weight excluding hydrogens is 252 g/mol. The summed E-state index contributed by atoms with van der Waals surface area (Å²) in [5.41, 5.74) is 1.95. The van der Waals surface area contributed by atoms with Crippen molar-refractivity contribution in [1.29, 1.82) is 0 Å². The maximum Gasteiger partial charge on any atom is 0.129 e. The lowest BCUT2D eigenvalue weighted by Crippen LogP contribution is -2.36. The van der Waals surface area contributed by atoms with E-state index in [0.717, 1.165) is 30.0 Å². The Bertz CT molecular complexity index is 407. The molecule has 0 aliphatic carbocycles. The maximum absolute atomic E-state index is 9.45. The van der Waals surface area contributed by atoms with E-state index < -0.39 is 0 Å². The summed E-state index contributed by atoms with van der Waals surface area (Å²) in [6.07, 6.45) is 1.05. The fraction of sp³-hybridized carbons (Fsp3) is 0.688. The van der Waals surface area contributed by atoms with E-state index in [1.165, 1.54) is 0 Å². The minimum atomic E-state index is 0.0495. The third kappa shape index (κ3) is 4.46. The fourth-order valence-electron chi connectivity index (χ4n) is 2.10. The molecule has 1 aromatic heterocycles. The minimum absolute atomic E-state index is 0.0495. The van der Waals surface area contributed by atoms with Gasteiger partial charge in [-0.15, -0.1) is 0 Å². The Balaban J connectivity index is 3.13. The van der Waals surface area contributed by atoms with Gasteiger partial charge in [0, 0.05) is 25.4 Å². The smallest absolute Gasteiger partial charge is 0.129 e. The van der Waals surface area contributed by atoms with Crippen molar-refractivity contribution >= 4 is 5.82 Å². The molecule has 0 spiro atoms. The van der Waals surface area contributed by atoms with Crippen molar-refractivity contribution in [2.75, 3.05) is 25.2 Å². The Hall–Kier alpha value is -1.13. The van der Waals surface area contributed by atoms with Crippen LogP contribution < -0.4 is 4.90 Å². The van der Waals surface area contributed by atoms with Gasteiger partial charge in [0.15, 0.2) is 0 Å². The van der Waals surface area contributed by atoms with Gasteiger partial charge in [-0.25, -0.2) is 4.98 Å². The SMILES string of the molecule is CCC(C)N(CCOC)c1cc(CO)cc(C(C)C)n1. The van der Waals surface area contributed by atoms with Crippen LogP contribution in [0.3, 0.4) is 0 Å². The third-order valence-corrected chi connectivity index (χ3v) is 3.62. The Labute approximate surface area is 122 Å². The van der Waals surface area contributed by atoms with E-state index in [2.05, 4.69) is 32.6 Å². The predicted octanol–water partition coefficient (Wildman–Crippen LogP) is 2.95. The second kappa shape index (κ2) is 8.22. The van der Waals surface area contributed by atoms with Crippen molar-refractivity contribution in [1.82, 2.24) is 4.98 Å². The van der Waals surface area contributed by atoms with Crippen LogP contribution in [0.25, 0.3) is 0 Å². The standard InChI is InChI=1S/C16H28N2O2/c1-6-13(4)18(7-8-20-5)16-10-14(11-19)9-15(17-16)12(2)3/h9-10,12-13,19H,6-8,11H2,1-5H3. The van der Waals surface area contributed by atoms with E-state index in [1.807, 2.05) is 12.1 Å². The van der Waals surface area contributed by atoms with Crippen LogP contribution >= 0.6 is 0 Å². The summed E-state index contributed by atoms with van der Waals surface area (Å²) in [5.74, 6) is 1.29. The first-order valence-electron chi connectivity index (χ1n) is 7.40. The quantitative estimate of drug-likeness (QED) is 0.795. The number of hydrogen-bond donors (Lipinski definition) is 1. The molecule has 0 saturated heterocycles. The number of nitrogens with zero attached hydrogens (tertiary/aromatic N) is 2. The van der Waals surface area contributed by atoms with Gasteiger partial charge in [0.05, 0.1) is 13.2 Å². The Morgan fingerprint density at radius 3 is 2.50 bits per heavy atom. The third-order valence-electron chi connectivity index (χ3n) is 3.62. The fourth-order valence-corrected chi connectivity index (χ4v) is 2.10. The number of hydrogen-bond acceptors (Lipinski definition) is 4. The number of aliphatic hydroxyl groups is 1. The van der Waals surface area contributed by atoms with Crippen LogP contribution in [0.4, 0.5) is 5.82 Å². The average Bonchev–Trinajstić information content (AvgIpc) is 2.46. The van der Waals surface area contributed by atoms with Crippen LogP contribution in [0.5, 0.6) is 0 Å². The molecule has 0 saturated carbocycles. The first-order valence-corrected chi connectivity index (χ1v) is 7.40. The first-order chi connectivity index (χ1) is 9.53. The highest BCUT2D eigenvalue weighted by molar-refractivity contribution is 5.44. The number of anilines is 1. The van der Waals surface area contributed by atoms with Crippen LogP contribution in [0.2, 0.25) is 0 Å². The highest BCUT2D eigenvalue weighted by Crippen LogP contribution is 2.22. The van der Waals surface area contributed by atoms with Crippen LogP contribution in [0, 0.1) is 0 Å². The molecule has 20 heavy (non-hydrogen) atoms. The topological polar surface area (TPSA) is 45.6 Å². The summed E-state index contributed by atoms with van der Waals surface area (Å²) in [6.45, 7) is 10.1. The Kier molecular flexibility index (Phi) is 6.96. The van der Waals surface area contributed by atoms with Crippen molar-refractivity contribution in [2.24, 2.45) is 0 Å². The molecule has 1 heterocycles. The summed E-state index contributed by atoms with van der Waals surface area (Å²) < 4.78 is 5.20. The zero-order valence-corrected chi connectivity index (χ0v) is 13.4. The van der Waals surface area contributed by atoms with Crippen molar-refractivity contribution < 1.29 is 9.84 Å². The second-order valence-corrected chi connectivity index (χ2v) is 5.51. The molecule has 0 amide bonds. The molecule has 4 nitrogen and oxygen atoms in total. The van der Waals surface area contributed by atoms with Crippen molar-refractivity contribution in [3.63, 3.8) is 0 Å². The van der Waals surface area contributed by atoms with E-state index in [1.54, 1.807) is 7.11 Å². The Morgan fingerprint density at radius 1 is 1.30 bits per heavy atom. The molecule has 0 radical (unpaired) electrons. The number of ether oxygens (including phenoxy) is 1. The zero-order valence-electron chi connectivity index (χ0n) is 13.4. The number of rotatable bonds is 8. The largest absolute Gasteiger partial charge is 0.392 e. The van der Waals surface area contributed by atoms with Gasteiger partial charge < -0.3 is 14.7 Å². The van der Waals surface area contributed by atoms with Gasteiger partial charge in [-0.3, -0.25) is 0 Å². The molecule has 1 atom stereocenters. The van der Waals surface area contributed by atoms with Crippen molar-refractivity contribution in [3.05, 3.63) is 23.4 Å². The van der Waals surface area contributed by atoms with Crippen LogP contribution in [-0.2, 0) is 11.3 Å². The Morgan fingerprint density at radius 2 is 2.00 bits per heavy atom. The summed E-state index contributed by atoms with van der Waals surface area (Å²) in [6, 6.07) is 4.36. The normalized spacial score (nSPS) is 12.8. The summed E-state index contributed by atoms with van der Waals surface area (Å²) in [5, 5.41) is 9.45. The van der Waals surface area contributed by atoms with Crippen molar-refractivity contribution in [2.45, 2.75) is 52.7 Å². The molecule has 1 rings (SSSR count). The van der Waals surface area contributed by atoms with Crippen LogP contribution in [0.15, 0.2) is 12.1 Å². The molecule has 1 aromatic rings. The maximum atomic E-state index is 9.45. The summed E-state index contributed by atoms with van der Waals surface area (Å²) in [4.78, 5) is 7.02. The number of methoxy groups -OCH3 is 1. The van der Waals surface area contributed by atoms with Crippen LogP contribution in [-0.4, -0.2) is 36.4 Å². The van der Waals surface area contributed by atoms with E-state index in [9.17, 15) is 5.11 Å². The van der Waals surface area contributed by atoms with E-state index in [0.29, 0.717) is 18.6 Å². The lowest BCUT2D eigenvalue weighted by atomic mass is 10.1. The van der Waals surface area contributed by atoms with Crippen LogP contribution in [0.1, 0.15) is 51.3 Å². The summed E-state index contributed by atoms with van der Waals surface area (Å²) >= 11 is 0. The molecule has 4 heteroatoms. The van der Waals surface area contributed by atoms with Crippen molar-refractivity contribution in [3.8, 4) is 0 Å². The molecule has 0 bridgehead atoms. The molecular formula is C16H28N2O2. The number of pyridine rings is 1. The number of aliphatic hydroxyl groups excluding tert-OH is 1. The molecule has 0 aromatic carbocycles. The van der Waals surface area contributed by atoms with Gasteiger partial charge in [-0.05, 0) is 37.0 Å². The predicted molar refractivity (Wildman–Crippen MR) is 83.2 cm³/mol. The minimum Gasteiger partial charge on any atom is -0.392 e. The molecule has 114 valence electrons. The average molecular weight is 280 g/mol. The highest BCUT2D eigenvalue weighted by Gasteiger charge is 2.16. The molecule has 0 fully saturated rings. The lowest BCUT2D eigenvalue weighted by Gasteiger charge is -2.30. The van der Waals surface area contributed by atoms with Gasteiger partial charge in [0.2, 0.25) is 0 Å². The zero-order chi connectivity index (χ0) is 15.1. The molecule has 1 unspecified atom stereocenters. The van der Waals surface area contributed by atoms with E-state index >= 15 is 0 Å². The molecule has 0 aliphatic rings. The first kappa shape index (κ1) is 16.9. The van der Waals surface area contributed by atoms with Gasteiger partial charge >= 0.3 is 0 Å². The molecule has 0 aliphatic heterocycles. The monoisotopic (exact) mass is 280 g/mol. The highest BCUT2D eigenvalue weighted by atomic mass is 16.5. The number of aromatic nitrogens is 1. The molecule has 1 N–H and O–H groups in total. The summed E-state index contributed by atoms with van der Waals surface area (Å²) in [7, 11) is 1.71. The van der Waals surface area contributed by atoms with Gasteiger partial charge in [0.25, 0.3) is 0 Å². The van der Waals surface area contributed by atoms with E-state index in [-0.39, 0.29) is 6.61 Å². The second-order valence-electron chi connectivity index (χ2n) is 5.51. The van der Waals surface area contributed by atoms with Gasteiger partial charge in [-0.1, -0.05) is 20.8 Å². The van der Waals surface area contributed by atoms with Gasteiger partial charge in [0.1, 0.15) is 5.82 Å². The lowest BCUT2D eigenvalue weighted by molar-refractivity contribution is 0.203. The van der Waals surface area contributed by atoms with Gasteiger partial charge in [-0.2, -0.15) is 0 Å².